The van der Waals surface area contributed by atoms with E-state index in [1.54, 1.807) is 12.1 Å². The molecule has 0 radical (unpaired) electrons. The molecule has 1 aromatic carbocycles. The standard InChI is InChI=1S/C14H21N3O4/c1-3-13(16-14(18)8-12(9-15)21-2)10-5-4-6-11(7-10)17(19)20/h4-7,12-13H,3,8-9,15H2,1-2H3,(H,16,18). The van der Waals surface area contributed by atoms with Gasteiger partial charge in [0.05, 0.1) is 23.5 Å². The summed E-state index contributed by atoms with van der Waals surface area (Å²) in [4.78, 5) is 22.3. The summed E-state index contributed by atoms with van der Waals surface area (Å²) in [6.07, 6.45) is 0.471. The monoisotopic (exact) mass is 295 g/mol. The SMILES string of the molecule is CCC(NC(=O)CC(CN)OC)c1cccc([N+](=O)[O-])c1. The van der Waals surface area contributed by atoms with Crippen LogP contribution in [0.4, 0.5) is 5.69 Å². The summed E-state index contributed by atoms with van der Waals surface area (Å²) >= 11 is 0. The van der Waals surface area contributed by atoms with Crippen molar-refractivity contribution in [3.63, 3.8) is 0 Å². The third-order valence-electron chi connectivity index (χ3n) is 3.24. The van der Waals surface area contributed by atoms with Gasteiger partial charge in [-0.15, -0.1) is 0 Å². The molecule has 2 atom stereocenters. The summed E-state index contributed by atoms with van der Waals surface area (Å²) < 4.78 is 5.07. The fraction of sp³-hybridized carbons (Fsp3) is 0.500. The third kappa shape index (κ3) is 5.13. The van der Waals surface area contributed by atoms with Gasteiger partial charge in [-0.25, -0.2) is 0 Å². The number of carbonyl (C=O) groups excluding carboxylic acids is 1. The van der Waals surface area contributed by atoms with Crippen LogP contribution in [0.1, 0.15) is 31.4 Å². The minimum atomic E-state index is -0.451. The van der Waals surface area contributed by atoms with Gasteiger partial charge in [-0.05, 0) is 12.0 Å². The third-order valence-corrected chi connectivity index (χ3v) is 3.24. The van der Waals surface area contributed by atoms with E-state index in [0.29, 0.717) is 12.0 Å². The smallest absolute Gasteiger partial charge is 0.269 e. The van der Waals surface area contributed by atoms with E-state index in [1.165, 1.54) is 19.2 Å². The molecule has 0 saturated heterocycles. The molecule has 7 heteroatoms. The van der Waals surface area contributed by atoms with Crippen molar-refractivity contribution in [1.29, 1.82) is 0 Å². The highest BCUT2D eigenvalue weighted by molar-refractivity contribution is 5.77. The molecule has 0 bridgehead atoms. The zero-order valence-corrected chi connectivity index (χ0v) is 12.2. The molecule has 2 unspecified atom stereocenters. The van der Waals surface area contributed by atoms with Crippen LogP contribution >= 0.6 is 0 Å². The largest absolute Gasteiger partial charge is 0.380 e. The van der Waals surface area contributed by atoms with Gasteiger partial charge >= 0.3 is 0 Å². The Morgan fingerprint density at radius 1 is 1.52 bits per heavy atom. The summed E-state index contributed by atoms with van der Waals surface area (Å²) in [5.41, 5.74) is 6.20. The van der Waals surface area contributed by atoms with E-state index >= 15 is 0 Å². The first-order chi connectivity index (χ1) is 10.0. The molecular weight excluding hydrogens is 274 g/mol. The number of amides is 1. The second-order valence-electron chi connectivity index (χ2n) is 4.68. The number of nitrogens with zero attached hydrogens (tertiary/aromatic N) is 1. The van der Waals surface area contributed by atoms with Crippen molar-refractivity contribution in [2.45, 2.75) is 31.9 Å². The van der Waals surface area contributed by atoms with Gasteiger partial charge in [0.1, 0.15) is 0 Å². The second kappa shape index (κ2) is 8.33. The summed E-state index contributed by atoms with van der Waals surface area (Å²) in [7, 11) is 1.50. The number of nitro benzene ring substituents is 1. The van der Waals surface area contributed by atoms with E-state index in [-0.39, 0.29) is 36.7 Å². The molecule has 116 valence electrons. The highest BCUT2D eigenvalue weighted by Crippen LogP contribution is 2.21. The Kier molecular flexibility index (Phi) is 6.77. The van der Waals surface area contributed by atoms with E-state index in [4.69, 9.17) is 10.5 Å². The Labute approximate surface area is 123 Å². The maximum absolute atomic E-state index is 12.0. The molecule has 0 spiro atoms. The fourth-order valence-electron chi connectivity index (χ4n) is 2.00. The summed E-state index contributed by atoms with van der Waals surface area (Å²) in [6.45, 7) is 2.16. The Hall–Kier alpha value is -1.99. The number of hydrogen-bond donors (Lipinski definition) is 2. The van der Waals surface area contributed by atoms with Crippen molar-refractivity contribution in [3.05, 3.63) is 39.9 Å². The number of ether oxygens (including phenoxy) is 1. The lowest BCUT2D eigenvalue weighted by molar-refractivity contribution is -0.384. The van der Waals surface area contributed by atoms with Crippen LogP contribution in [0.25, 0.3) is 0 Å². The molecule has 0 aliphatic carbocycles. The summed E-state index contributed by atoms with van der Waals surface area (Å²) in [5.74, 6) is -0.189. The van der Waals surface area contributed by atoms with Crippen LogP contribution in [-0.2, 0) is 9.53 Å². The molecule has 3 N–H and O–H groups in total. The van der Waals surface area contributed by atoms with Crippen LogP contribution in [0, 0.1) is 10.1 Å². The molecule has 7 nitrogen and oxygen atoms in total. The number of non-ortho nitro benzene ring substituents is 1. The number of rotatable bonds is 8. The predicted octanol–water partition coefficient (Wildman–Crippen LogP) is 1.53. The van der Waals surface area contributed by atoms with E-state index in [2.05, 4.69) is 5.32 Å². The van der Waals surface area contributed by atoms with Crippen molar-refractivity contribution in [3.8, 4) is 0 Å². The van der Waals surface area contributed by atoms with Crippen LogP contribution < -0.4 is 11.1 Å². The number of nitro groups is 1. The Bertz CT molecular complexity index is 489. The lowest BCUT2D eigenvalue weighted by atomic mass is 10.0. The molecule has 0 aliphatic heterocycles. The van der Waals surface area contributed by atoms with Gasteiger partial charge in [0.2, 0.25) is 5.91 Å². The Morgan fingerprint density at radius 2 is 2.24 bits per heavy atom. The molecule has 1 rings (SSSR count). The number of nitrogens with two attached hydrogens (primary N) is 1. The fourth-order valence-corrected chi connectivity index (χ4v) is 2.00. The first-order valence-electron chi connectivity index (χ1n) is 6.78. The van der Waals surface area contributed by atoms with Gasteiger partial charge in [0, 0.05) is 25.8 Å². The lowest BCUT2D eigenvalue weighted by Crippen LogP contribution is -2.34. The van der Waals surface area contributed by atoms with Crippen molar-refractivity contribution in [2.24, 2.45) is 5.73 Å². The van der Waals surface area contributed by atoms with Gasteiger partial charge in [-0.2, -0.15) is 0 Å². The molecule has 1 amide bonds. The van der Waals surface area contributed by atoms with Gasteiger partial charge in [-0.1, -0.05) is 19.1 Å². The van der Waals surface area contributed by atoms with E-state index in [0.717, 1.165) is 0 Å². The lowest BCUT2D eigenvalue weighted by Gasteiger charge is -2.19. The number of nitrogens with one attached hydrogen (secondary N) is 1. The van der Waals surface area contributed by atoms with Crippen molar-refractivity contribution in [2.75, 3.05) is 13.7 Å². The highest BCUT2D eigenvalue weighted by atomic mass is 16.6. The number of methoxy groups -OCH3 is 1. The second-order valence-corrected chi connectivity index (χ2v) is 4.68. The molecule has 0 saturated carbocycles. The number of benzene rings is 1. The average molecular weight is 295 g/mol. The molecule has 0 heterocycles. The van der Waals surface area contributed by atoms with Gasteiger partial charge in [0.15, 0.2) is 0 Å². The van der Waals surface area contributed by atoms with Crippen LogP contribution in [0.2, 0.25) is 0 Å². The van der Waals surface area contributed by atoms with Crippen LogP contribution in [0.3, 0.4) is 0 Å². The van der Waals surface area contributed by atoms with E-state index in [1.807, 2.05) is 6.92 Å². The topological polar surface area (TPSA) is 107 Å². The van der Waals surface area contributed by atoms with Crippen LogP contribution in [0.15, 0.2) is 24.3 Å². The van der Waals surface area contributed by atoms with Crippen LogP contribution in [0.5, 0.6) is 0 Å². The summed E-state index contributed by atoms with van der Waals surface area (Å²) in [6, 6.07) is 6.00. The maximum atomic E-state index is 12.0. The van der Waals surface area contributed by atoms with Crippen LogP contribution in [-0.4, -0.2) is 30.6 Å². The molecule has 0 aliphatic rings. The summed E-state index contributed by atoms with van der Waals surface area (Å²) in [5, 5.41) is 13.6. The quantitative estimate of drug-likeness (QED) is 0.558. The maximum Gasteiger partial charge on any atom is 0.269 e. The van der Waals surface area contributed by atoms with Crippen molar-refractivity contribution >= 4 is 11.6 Å². The zero-order valence-electron chi connectivity index (χ0n) is 12.2. The van der Waals surface area contributed by atoms with Gasteiger partial charge in [0.25, 0.3) is 5.69 Å². The molecular formula is C14H21N3O4. The zero-order chi connectivity index (χ0) is 15.8. The van der Waals surface area contributed by atoms with Crippen molar-refractivity contribution < 1.29 is 14.5 Å². The molecule has 21 heavy (non-hydrogen) atoms. The molecule has 1 aromatic rings. The molecule has 0 aromatic heterocycles. The first-order valence-corrected chi connectivity index (χ1v) is 6.78. The normalized spacial score (nSPS) is 13.5. The molecule has 0 fully saturated rings. The Morgan fingerprint density at radius 3 is 2.76 bits per heavy atom. The average Bonchev–Trinajstić information content (AvgIpc) is 2.50. The predicted molar refractivity (Wildman–Crippen MR) is 78.7 cm³/mol. The highest BCUT2D eigenvalue weighted by Gasteiger charge is 2.18. The first kappa shape index (κ1) is 17.1. The number of hydrogen-bond acceptors (Lipinski definition) is 5. The van der Waals surface area contributed by atoms with Crippen molar-refractivity contribution in [1.82, 2.24) is 5.32 Å². The minimum Gasteiger partial charge on any atom is -0.380 e. The Balaban J connectivity index is 2.76. The van der Waals surface area contributed by atoms with E-state index in [9.17, 15) is 14.9 Å². The van der Waals surface area contributed by atoms with Gasteiger partial charge < -0.3 is 15.8 Å². The minimum absolute atomic E-state index is 0.0110. The van der Waals surface area contributed by atoms with Gasteiger partial charge in [-0.3, -0.25) is 14.9 Å². The van der Waals surface area contributed by atoms with E-state index < -0.39 is 4.92 Å². The number of carbonyl (C=O) groups is 1.